The van der Waals surface area contributed by atoms with Gasteiger partial charge in [0.1, 0.15) is 0 Å². The van der Waals surface area contributed by atoms with E-state index in [1.807, 2.05) is 0 Å². The van der Waals surface area contributed by atoms with Crippen molar-refractivity contribution in [3.63, 3.8) is 0 Å². The normalized spacial score (nSPS) is 11.6. The molecule has 0 bridgehead atoms. The minimum atomic E-state index is -1.26. The van der Waals surface area contributed by atoms with E-state index in [1.54, 1.807) is 5.19 Å². The second kappa shape index (κ2) is 5.34. The van der Waals surface area contributed by atoms with E-state index in [2.05, 4.69) is 76.0 Å². The third-order valence-corrected chi connectivity index (χ3v) is 5.81. The lowest BCUT2D eigenvalue weighted by atomic mass is 9.99. The molecule has 2 aromatic carbocycles. The highest BCUT2D eigenvalue weighted by atomic mass is 28.3. The summed E-state index contributed by atoms with van der Waals surface area (Å²) < 4.78 is 0. The largest absolute Gasteiger partial charge is 0.0779 e. The van der Waals surface area contributed by atoms with Gasteiger partial charge in [0, 0.05) is 0 Å². The summed E-state index contributed by atoms with van der Waals surface area (Å²) >= 11 is 0. The van der Waals surface area contributed by atoms with Gasteiger partial charge < -0.3 is 0 Å². The van der Waals surface area contributed by atoms with Crippen LogP contribution in [0.5, 0.6) is 0 Å². The molecule has 0 aliphatic rings. The lowest BCUT2D eigenvalue weighted by molar-refractivity contribution is 1.15. The van der Waals surface area contributed by atoms with E-state index < -0.39 is 8.07 Å². The molecular weight excluding hydrogens is 244 g/mol. The molecule has 0 N–H and O–H groups in total. The van der Waals surface area contributed by atoms with Crippen molar-refractivity contribution in [1.29, 1.82) is 0 Å². The van der Waals surface area contributed by atoms with Gasteiger partial charge in [-0.2, -0.15) is 0 Å². The number of benzene rings is 2. The topological polar surface area (TPSA) is 0 Å². The van der Waals surface area contributed by atoms with Gasteiger partial charge in [-0.25, -0.2) is 0 Å². The zero-order valence-electron chi connectivity index (χ0n) is 12.7. The third-order valence-electron chi connectivity index (χ3n) is 3.71. The minimum absolute atomic E-state index is 1.06. The molecule has 100 valence electrons. The minimum Gasteiger partial charge on any atom is -0.0656 e. The van der Waals surface area contributed by atoms with Crippen LogP contribution in [0.1, 0.15) is 22.3 Å². The average molecular weight is 268 g/mol. The first-order valence-electron chi connectivity index (χ1n) is 7.02. The monoisotopic (exact) mass is 268 g/mol. The highest BCUT2D eigenvalue weighted by Crippen LogP contribution is 2.17. The molecule has 0 aliphatic carbocycles. The first kappa shape index (κ1) is 14.1. The fraction of sp³-hybridized carbons (Fsp3) is 0.333. The van der Waals surface area contributed by atoms with Crippen molar-refractivity contribution >= 4 is 13.3 Å². The summed E-state index contributed by atoms with van der Waals surface area (Å²) in [6.07, 6.45) is 1.06. The van der Waals surface area contributed by atoms with Gasteiger partial charge in [-0.1, -0.05) is 72.9 Å². The van der Waals surface area contributed by atoms with Gasteiger partial charge in [-0.3, -0.25) is 0 Å². The predicted octanol–water partition coefficient (Wildman–Crippen LogP) is 4.44. The second-order valence-electron chi connectivity index (χ2n) is 6.51. The van der Waals surface area contributed by atoms with Crippen LogP contribution in [0.4, 0.5) is 0 Å². The van der Waals surface area contributed by atoms with Crippen LogP contribution in [-0.4, -0.2) is 8.07 Å². The van der Waals surface area contributed by atoms with E-state index >= 15 is 0 Å². The van der Waals surface area contributed by atoms with Crippen molar-refractivity contribution in [2.75, 3.05) is 0 Å². The summed E-state index contributed by atoms with van der Waals surface area (Å²) in [5.41, 5.74) is 5.73. The number of rotatable bonds is 3. The lowest BCUT2D eigenvalue weighted by Crippen LogP contribution is -2.40. The van der Waals surface area contributed by atoms with Gasteiger partial charge in [-0.15, -0.1) is 0 Å². The molecule has 2 aromatic rings. The third kappa shape index (κ3) is 3.36. The van der Waals surface area contributed by atoms with E-state index in [0.717, 1.165) is 6.42 Å². The first-order chi connectivity index (χ1) is 8.88. The van der Waals surface area contributed by atoms with E-state index in [0.29, 0.717) is 0 Å². The molecule has 0 atom stereocenters. The number of hydrogen-bond acceptors (Lipinski definition) is 0. The van der Waals surface area contributed by atoms with Gasteiger partial charge in [0.25, 0.3) is 0 Å². The Morgan fingerprint density at radius 2 is 1.53 bits per heavy atom. The summed E-state index contributed by atoms with van der Waals surface area (Å²) in [5, 5.41) is 1.59. The molecule has 0 saturated carbocycles. The number of hydrogen-bond donors (Lipinski definition) is 0. The van der Waals surface area contributed by atoms with Crippen LogP contribution in [0, 0.1) is 13.8 Å². The fourth-order valence-corrected chi connectivity index (χ4v) is 4.33. The Hall–Kier alpha value is -1.34. The van der Waals surface area contributed by atoms with Gasteiger partial charge in [0.15, 0.2) is 0 Å². The van der Waals surface area contributed by atoms with Gasteiger partial charge in [0.2, 0.25) is 0 Å². The molecule has 0 aliphatic heterocycles. The molecule has 0 nitrogen and oxygen atoms in total. The predicted molar refractivity (Wildman–Crippen MR) is 88.1 cm³/mol. The van der Waals surface area contributed by atoms with Crippen molar-refractivity contribution in [1.82, 2.24) is 0 Å². The highest BCUT2D eigenvalue weighted by Gasteiger charge is 2.19. The van der Waals surface area contributed by atoms with Crippen LogP contribution in [0.2, 0.25) is 19.6 Å². The van der Waals surface area contributed by atoms with Crippen molar-refractivity contribution in [2.45, 2.75) is 39.9 Å². The Bertz CT molecular complexity index is 576. The van der Waals surface area contributed by atoms with Crippen molar-refractivity contribution in [3.8, 4) is 0 Å². The van der Waals surface area contributed by atoms with Crippen LogP contribution in [0.25, 0.3) is 0 Å². The molecule has 0 radical (unpaired) electrons. The standard InChI is InChI=1S/C18H24Si/c1-14-10-11-15(2)17(12-14)13-16-8-6-7-9-18(16)19(3,4)5/h6-12H,13H2,1-5H3. The van der Waals surface area contributed by atoms with Gasteiger partial charge in [-0.05, 0) is 37.0 Å². The molecule has 0 amide bonds. The summed E-state index contributed by atoms with van der Waals surface area (Å²) in [5.74, 6) is 0. The Kier molecular flexibility index (Phi) is 3.95. The maximum Gasteiger partial charge on any atom is 0.0779 e. The molecule has 0 unspecified atom stereocenters. The summed E-state index contributed by atoms with van der Waals surface area (Å²) in [7, 11) is -1.26. The van der Waals surface area contributed by atoms with Crippen LogP contribution in [-0.2, 0) is 6.42 Å². The van der Waals surface area contributed by atoms with Crippen molar-refractivity contribution in [3.05, 3.63) is 64.7 Å². The zero-order valence-corrected chi connectivity index (χ0v) is 13.7. The number of aryl methyl sites for hydroxylation is 2. The molecule has 19 heavy (non-hydrogen) atoms. The molecular formula is C18H24Si. The second-order valence-corrected chi connectivity index (χ2v) is 11.6. The summed E-state index contributed by atoms with van der Waals surface area (Å²) in [6, 6.07) is 15.7. The maximum atomic E-state index is 2.43. The van der Waals surface area contributed by atoms with E-state index in [4.69, 9.17) is 0 Å². The Labute approximate surface area is 118 Å². The van der Waals surface area contributed by atoms with Crippen LogP contribution >= 0.6 is 0 Å². The molecule has 1 heteroatoms. The SMILES string of the molecule is Cc1ccc(C)c(Cc2ccccc2[Si](C)(C)C)c1. The van der Waals surface area contributed by atoms with Crippen molar-refractivity contribution < 1.29 is 0 Å². The van der Waals surface area contributed by atoms with E-state index in [-0.39, 0.29) is 0 Å². The van der Waals surface area contributed by atoms with Crippen LogP contribution < -0.4 is 5.19 Å². The summed E-state index contributed by atoms with van der Waals surface area (Å²) in [4.78, 5) is 0. The summed E-state index contributed by atoms with van der Waals surface area (Å²) in [6.45, 7) is 11.7. The fourth-order valence-electron chi connectivity index (χ4n) is 2.60. The molecule has 0 heterocycles. The Balaban J connectivity index is 2.41. The van der Waals surface area contributed by atoms with E-state index in [1.165, 1.54) is 22.3 Å². The van der Waals surface area contributed by atoms with E-state index in [9.17, 15) is 0 Å². The van der Waals surface area contributed by atoms with Crippen molar-refractivity contribution in [2.24, 2.45) is 0 Å². The molecule has 0 aromatic heterocycles. The average Bonchev–Trinajstić information content (AvgIpc) is 2.33. The lowest BCUT2D eigenvalue weighted by Gasteiger charge is -2.21. The Morgan fingerprint density at radius 3 is 2.21 bits per heavy atom. The van der Waals surface area contributed by atoms with Crippen LogP contribution in [0.15, 0.2) is 42.5 Å². The van der Waals surface area contributed by atoms with Gasteiger partial charge >= 0.3 is 0 Å². The van der Waals surface area contributed by atoms with Gasteiger partial charge in [0.05, 0.1) is 8.07 Å². The molecule has 2 rings (SSSR count). The zero-order chi connectivity index (χ0) is 14.0. The molecule has 0 saturated heterocycles. The van der Waals surface area contributed by atoms with Crippen LogP contribution in [0.3, 0.4) is 0 Å². The quantitative estimate of drug-likeness (QED) is 0.722. The Morgan fingerprint density at radius 1 is 0.842 bits per heavy atom. The first-order valence-corrected chi connectivity index (χ1v) is 10.5. The smallest absolute Gasteiger partial charge is 0.0656 e. The highest BCUT2D eigenvalue weighted by molar-refractivity contribution is 6.89. The molecule has 0 fully saturated rings. The maximum absolute atomic E-state index is 2.43. The molecule has 0 spiro atoms.